The van der Waals surface area contributed by atoms with Crippen LogP contribution >= 0.6 is 11.8 Å². The summed E-state index contributed by atoms with van der Waals surface area (Å²) in [4.78, 5) is 39.8. The third-order valence-corrected chi connectivity index (χ3v) is 10.8. The molecule has 1 saturated heterocycles. The number of pyridine rings is 1. The molecule has 7 rings (SSSR count). The fraction of sp³-hybridized carbons (Fsp3) is 0.371. The molecule has 1 fully saturated rings. The molecule has 0 bridgehead atoms. The third-order valence-electron chi connectivity index (χ3n) is 9.50. The van der Waals surface area contributed by atoms with Crippen molar-refractivity contribution in [3.63, 3.8) is 0 Å². The average Bonchev–Trinajstić information content (AvgIpc) is 3.87. The lowest BCUT2D eigenvalue weighted by Crippen LogP contribution is -2.50. The van der Waals surface area contributed by atoms with Crippen LogP contribution in [0.5, 0.6) is 5.88 Å². The highest BCUT2D eigenvalue weighted by Crippen LogP contribution is 2.35. The molecule has 3 aromatic heterocycles. The standard InChI is InChI=1S/C35H39N9O3S/c1-42-22-37-33(41-42)25-6-4-23(5-7-25)24-11-15-44(16-12-24)31(45)20-43-17-13-35(21-43,48-3)34(46)38-27-8-9-29-28(19-27)32(40-39-29)26-10-14-36-30(18-26)47-2/h4-11,14,18,22,27H,12-13,15-17,19-21H2,1-3H3,(H,38,46)(H,39,40)/t27?,35-/m0/s1. The lowest BCUT2D eigenvalue weighted by Gasteiger charge is -2.30. The second-order valence-corrected chi connectivity index (χ2v) is 13.7. The fourth-order valence-corrected chi connectivity index (χ4v) is 7.57. The molecule has 0 spiro atoms. The van der Waals surface area contributed by atoms with Gasteiger partial charge in [0.05, 0.1) is 31.1 Å². The van der Waals surface area contributed by atoms with Crippen LogP contribution in [0, 0.1) is 0 Å². The van der Waals surface area contributed by atoms with Gasteiger partial charge in [-0.05, 0) is 42.4 Å². The lowest BCUT2D eigenvalue weighted by atomic mass is 9.94. The summed E-state index contributed by atoms with van der Waals surface area (Å²) in [5, 5.41) is 15.3. The molecule has 1 aromatic carbocycles. The van der Waals surface area contributed by atoms with Gasteiger partial charge < -0.3 is 15.0 Å². The van der Waals surface area contributed by atoms with Crippen LogP contribution in [-0.4, -0.2) is 108 Å². The Hall–Kier alpha value is -4.75. The Morgan fingerprint density at radius 1 is 1.12 bits per heavy atom. The molecular formula is C35H39N9O3S. The van der Waals surface area contributed by atoms with E-state index in [4.69, 9.17) is 4.74 Å². The third kappa shape index (κ3) is 6.39. The summed E-state index contributed by atoms with van der Waals surface area (Å²) in [5.41, 5.74) is 7.10. The number of hydrogen-bond acceptors (Lipinski definition) is 9. The number of H-pyrrole nitrogens is 1. The van der Waals surface area contributed by atoms with Gasteiger partial charge in [0.25, 0.3) is 0 Å². The largest absolute Gasteiger partial charge is 0.481 e. The highest BCUT2D eigenvalue weighted by molar-refractivity contribution is 8.00. The number of ether oxygens (including phenoxy) is 1. The molecule has 0 saturated carbocycles. The van der Waals surface area contributed by atoms with Crippen molar-refractivity contribution in [1.29, 1.82) is 0 Å². The van der Waals surface area contributed by atoms with Crippen LogP contribution in [0.3, 0.4) is 0 Å². The van der Waals surface area contributed by atoms with Gasteiger partial charge in [-0.25, -0.2) is 9.97 Å². The number of nitrogens with zero attached hydrogens (tertiary/aromatic N) is 7. The maximum absolute atomic E-state index is 13.8. The molecule has 2 amide bonds. The van der Waals surface area contributed by atoms with E-state index in [-0.39, 0.29) is 17.9 Å². The first-order chi connectivity index (χ1) is 23.3. The minimum atomic E-state index is -0.613. The Morgan fingerprint density at radius 2 is 1.96 bits per heavy atom. The number of likely N-dealkylation sites (tertiary alicyclic amines) is 1. The maximum Gasteiger partial charge on any atom is 0.238 e. The van der Waals surface area contributed by atoms with Crippen LogP contribution in [0.2, 0.25) is 0 Å². The monoisotopic (exact) mass is 665 g/mol. The van der Waals surface area contributed by atoms with Crippen LogP contribution in [0.25, 0.3) is 34.3 Å². The van der Waals surface area contributed by atoms with E-state index in [1.807, 2.05) is 54.6 Å². The van der Waals surface area contributed by atoms with Crippen molar-refractivity contribution >= 4 is 35.2 Å². The van der Waals surface area contributed by atoms with E-state index in [0.29, 0.717) is 57.3 Å². The lowest BCUT2D eigenvalue weighted by molar-refractivity contribution is -0.132. The number of thioether (sulfide) groups is 1. The SMILES string of the molecule is COc1cc(-c2n[nH]c3c2CC(NC(=O)[C@]2(SC)CCN(CC(=O)N4CC=C(c5ccc(-c6ncn(C)n6)cc5)CC4)C2)C=C3)ccn1. The molecule has 2 atom stereocenters. The smallest absolute Gasteiger partial charge is 0.238 e. The van der Waals surface area contributed by atoms with E-state index in [1.54, 1.807) is 36.1 Å². The fourth-order valence-electron chi connectivity index (χ4n) is 6.72. The van der Waals surface area contributed by atoms with Crippen LogP contribution in [0.4, 0.5) is 0 Å². The number of nitrogens with one attached hydrogen (secondary N) is 2. The predicted octanol–water partition coefficient (Wildman–Crippen LogP) is 3.45. The summed E-state index contributed by atoms with van der Waals surface area (Å²) in [6.07, 6.45) is 13.6. The number of benzene rings is 1. The molecule has 5 heterocycles. The van der Waals surface area contributed by atoms with Gasteiger partial charge in [-0.1, -0.05) is 36.4 Å². The van der Waals surface area contributed by atoms with Crippen LogP contribution < -0.4 is 10.1 Å². The van der Waals surface area contributed by atoms with Gasteiger partial charge in [0.15, 0.2) is 5.82 Å². The van der Waals surface area contributed by atoms with Gasteiger partial charge in [-0.15, -0.1) is 11.8 Å². The van der Waals surface area contributed by atoms with Gasteiger partial charge in [0.1, 0.15) is 11.1 Å². The zero-order valence-electron chi connectivity index (χ0n) is 27.3. The number of aromatic amines is 1. The van der Waals surface area contributed by atoms with Crippen molar-refractivity contribution in [1.82, 2.24) is 45.1 Å². The second kappa shape index (κ2) is 13.4. The molecule has 1 unspecified atom stereocenters. The van der Waals surface area contributed by atoms with E-state index >= 15 is 0 Å². The molecule has 2 aliphatic heterocycles. The first kappa shape index (κ1) is 31.8. The number of carbonyl (C=O) groups excluding carboxylic acids is 2. The van der Waals surface area contributed by atoms with Crippen molar-refractivity contribution in [3.8, 4) is 28.5 Å². The molecule has 4 aromatic rings. The van der Waals surface area contributed by atoms with Gasteiger partial charge in [0.2, 0.25) is 17.7 Å². The predicted molar refractivity (Wildman–Crippen MR) is 186 cm³/mol. The summed E-state index contributed by atoms with van der Waals surface area (Å²) < 4.78 is 6.38. The topological polar surface area (TPSA) is 134 Å². The molecule has 0 radical (unpaired) electrons. The van der Waals surface area contributed by atoms with E-state index in [9.17, 15) is 9.59 Å². The van der Waals surface area contributed by atoms with Crippen molar-refractivity contribution in [2.24, 2.45) is 7.05 Å². The average molecular weight is 666 g/mol. The minimum Gasteiger partial charge on any atom is -0.481 e. The molecule has 12 nitrogen and oxygen atoms in total. The Morgan fingerprint density at radius 3 is 2.69 bits per heavy atom. The molecule has 1 aliphatic carbocycles. The summed E-state index contributed by atoms with van der Waals surface area (Å²) in [6.45, 7) is 2.80. The van der Waals surface area contributed by atoms with E-state index < -0.39 is 4.75 Å². The van der Waals surface area contributed by atoms with E-state index in [0.717, 1.165) is 40.1 Å². The number of carbonyl (C=O) groups is 2. The quantitative estimate of drug-likeness (QED) is 0.276. The summed E-state index contributed by atoms with van der Waals surface area (Å²) in [6, 6.07) is 11.9. The highest BCUT2D eigenvalue weighted by atomic mass is 32.2. The number of aryl methyl sites for hydroxylation is 1. The summed E-state index contributed by atoms with van der Waals surface area (Å²) in [7, 11) is 3.45. The van der Waals surface area contributed by atoms with Crippen LogP contribution in [0.15, 0.2) is 61.1 Å². The Labute approximate surface area is 283 Å². The second-order valence-electron chi connectivity index (χ2n) is 12.5. The number of hydrogen-bond donors (Lipinski definition) is 2. The van der Waals surface area contributed by atoms with Crippen LogP contribution in [-0.2, 0) is 23.1 Å². The van der Waals surface area contributed by atoms with Crippen molar-refractivity contribution in [3.05, 3.63) is 77.9 Å². The summed E-state index contributed by atoms with van der Waals surface area (Å²) >= 11 is 1.57. The first-order valence-corrected chi connectivity index (χ1v) is 17.3. The van der Waals surface area contributed by atoms with Crippen molar-refractivity contribution in [2.45, 2.75) is 30.1 Å². The zero-order valence-corrected chi connectivity index (χ0v) is 28.2. The number of aromatic nitrogens is 6. The number of amides is 2. The van der Waals surface area contributed by atoms with Gasteiger partial charge in [-0.3, -0.25) is 24.3 Å². The van der Waals surface area contributed by atoms with Crippen LogP contribution in [0.1, 0.15) is 29.7 Å². The number of methoxy groups -OCH3 is 1. The number of rotatable bonds is 9. The Bertz CT molecular complexity index is 1880. The molecule has 48 heavy (non-hydrogen) atoms. The Kier molecular flexibility index (Phi) is 8.88. The molecule has 248 valence electrons. The molecule has 3 aliphatic rings. The Balaban J connectivity index is 0.933. The normalized spacial score (nSPS) is 20.8. The minimum absolute atomic E-state index is 0.00840. The van der Waals surface area contributed by atoms with Gasteiger partial charge in [-0.2, -0.15) is 10.2 Å². The molecular weight excluding hydrogens is 627 g/mol. The summed E-state index contributed by atoms with van der Waals surface area (Å²) in [5.74, 6) is 1.34. The van der Waals surface area contributed by atoms with Crippen molar-refractivity contribution < 1.29 is 14.3 Å². The highest BCUT2D eigenvalue weighted by Gasteiger charge is 2.45. The first-order valence-electron chi connectivity index (χ1n) is 16.1. The molecule has 13 heteroatoms. The molecule has 2 N–H and O–H groups in total. The van der Waals surface area contributed by atoms with Gasteiger partial charge in [0, 0.05) is 68.6 Å². The number of fused-ring (bicyclic) bond motifs is 1. The van der Waals surface area contributed by atoms with E-state index in [1.165, 1.54) is 5.57 Å². The van der Waals surface area contributed by atoms with Crippen molar-refractivity contribution in [2.75, 3.05) is 46.1 Å². The van der Waals surface area contributed by atoms with E-state index in [2.05, 4.69) is 53.7 Å². The maximum atomic E-state index is 13.8. The van der Waals surface area contributed by atoms with Gasteiger partial charge >= 0.3 is 0 Å². The zero-order chi connectivity index (χ0) is 33.3.